The van der Waals surface area contributed by atoms with E-state index in [1.807, 2.05) is 41.3 Å². The Morgan fingerprint density at radius 2 is 1.57 bits per heavy atom. The molecule has 0 fully saturated rings. The van der Waals surface area contributed by atoms with Gasteiger partial charge in [-0.25, -0.2) is 0 Å². The number of carboxylic acids is 1. The monoisotopic (exact) mass is 598 g/mol. The lowest BCUT2D eigenvalue weighted by molar-refractivity contribution is -0.305. The lowest BCUT2D eigenvalue weighted by Crippen LogP contribution is -2.40. The van der Waals surface area contributed by atoms with Crippen molar-refractivity contribution in [2.75, 3.05) is 6.54 Å². The van der Waals surface area contributed by atoms with Gasteiger partial charge in [0.05, 0.1) is 4.47 Å². The third-order valence-electron chi connectivity index (χ3n) is 8.18. The largest absolute Gasteiger partial charge is 0.550 e. The number of allylic oxidation sites excluding steroid dienone is 4. The minimum atomic E-state index is -1.14. The molecule has 0 atom stereocenters. The normalized spacial score (nSPS) is 17.8. The maximum absolute atomic E-state index is 13.4. The van der Waals surface area contributed by atoms with E-state index < -0.39 is 11.9 Å². The van der Waals surface area contributed by atoms with E-state index in [1.54, 1.807) is 0 Å². The Morgan fingerprint density at radius 3 is 2.25 bits per heavy atom. The number of Topliss-reactive ketones (excluding diaryl/α,β-unsaturated/α-hetero) is 2. The van der Waals surface area contributed by atoms with E-state index in [4.69, 9.17) is 4.74 Å². The summed E-state index contributed by atoms with van der Waals surface area (Å²) in [7, 11) is 0. The molecule has 3 aliphatic rings. The molecule has 0 amide bonds. The van der Waals surface area contributed by atoms with Gasteiger partial charge in [-0.1, -0.05) is 48.5 Å². The number of carbonyl (C=O) groups excluding carboxylic acids is 3. The fourth-order valence-corrected chi connectivity index (χ4v) is 6.92. The van der Waals surface area contributed by atoms with Crippen LogP contribution in [0.2, 0.25) is 0 Å². The topological polar surface area (TPSA) is 86.7 Å². The number of ether oxygens (including phenoxy) is 1. The van der Waals surface area contributed by atoms with Crippen LogP contribution in [0.25, 0.3) is 10.8 Å². The number of carboxylic acid groups (broad SMARTS) is 1. The summed E-state index contributed by atoms with van der Waals surface area (Å²) in [6, 6.07) is 20.2. The fraction of sp³-hybridized carbons (Fsp3) is 0.303. The first kappa shape index (κ1) is 26.5. The summed E-state index contributed by atoms with van der Waals surface area (Å²) in [5.41, 5.74) is 4.94. The highest BCUT2D eigenvalue weighted by molar-refractivity contribution is 9.10. The molecule has 6 rings (SSSR count). The summed E-state index contributed by atoms with van der Waals surface area (Å²) in [5.74, 6) is -0.868. The van der Waals surface area contributed by atoms with Crippen LogP contribution in [0.3, 0.4) is 0 Å². The number of benzene rings is 3. The highest BCUT2D eigenvalue weighted by atomic mass is 79.9. The molecule has 0 spiro atoms. The zero-order valence-corrected chi connectivity index (χ0v) is 23.7. The van der Waals surface area contributed by atoms with Gasteiger partial charge in [-0.05, 0) is 75.6 Å². The number of ketones is 2. The molecular weight excluding hydrogens is 570 g/mol. The predicted molar refractivity (Wildman–Crippen MR) is 153 cm³/mol. The molecule has 0 aromatic heterocycles. The Kier molecular flexibility index (Phi) is 7.32. The first-order chi connectivity index (χ1) is 19.4. The number of hydrogen-bond acceptors (Lipinski definition) is 6. The van der Waals surface area contributed by atoms with Crippen molar-refractivity contribution in [2.24, 2.45) is 0 Å². The van der Waals surface area contributed by atoms with E-state index in [9.17, 15) is 19.5 Å². The molecule has 0 saturated carbocycles. The Bertz CT molecular complexity index is 1550. The number of hydrogen-bond donors (Lipinski definition) is 0. The Morgan fingerprint density at radius 1 is 0.900 bits per heavy atom. The maximum Gasteiger partial charge on any atom is 0.161 e. The van der Waals surface area contributed by atoms with E-state index >= 15 is 0 Å². The zero-order chi connectivity index (χ0) is 27.8. The minimum absolute atomic E-state index is 0.0297. The van der Waals surface area contributed by atoms with E-state index in [0.717, 1.165) is 37.8 Å². The van der Waals surface area contributed by atoms with Gasteiger partial charge in [0.1, 0.15) is 12.4 Å². The number of carbonyl (C=O) groups is 3. The standard InChI is InChI=1S/C33H30BrNO5/c34-24-18-21(14-15-29(24)40-19-22-8-3-7-20-6-1-2-9-23(20)22)31-32-25(10-4-12-27(32)36)35(17-16-30(38)39)26-11-5-13-28(37)33(26)31/h1-3,6-9,14-15,18,31H,4-5,10-13,16-17,19H2,(H,38,39)/p-1. The number of aliphatic carboxylic acids is 1. The second-order valence-corrected chi connectivity index (χ2v) is 11.5. The molecule has 2 aliphatic carbocycles. The average Bonchev–Trinajstić information content (AvgIpc) is 2.95. The molecule has 0 saturated heterocycles. The van der Waals surface area contributed by atoms with Gasteiger partial charge in [0, 0.05) is 60.2 Å². The second-order valence-electron chi connectivity index (χ2n) is 10.6. The van der Waals surface area contributed by atoms with Crippen molar-refractivity contribution in [3.63, 3.8) is 0 Å². The predicted octanol–water partition coefficient (Wildman–Crippen LogP) is 5.73. The van der Waals surface area contributed by atoms with Gasteiger partial charge in [-0.2, -0.15) is 0 Å². The highest BCUT2D eigenvalue weighted by Crippen LogP contribution is 2.49. The Labute approximate surface area is 241 Å². The summed E-state index contributed by atoms with van der Waals surface area (Å²) in [6.45, 7) is 0.607. The lowest BCUT2D eigenvalue weighted by atomic mass is 9.71. The summed E-state index contributed by atoms with van der Waals surface area (Å²) in [4.78, 5) is 40.1. The molecule has 204 valence electrons. The third kappa shape index (κ3) is 4.87. The van der Waals surface area contributed by atoms with Crippen molar-refractivity contribution in [1.29, 1.82) is 0 Å². The molecule has 40 heavy (non-hydrogen) atoms. The highest BCUT2D eigenvalue weighted by Gasteiger charge is 2.43. The van der Waals surface area contributed by atoms with Crippen LogP contribution in [-0.2, 0) is 21.0 Å². The van der Waals surface area contributed by atoms with Gasteiger partial charge in [0.25, 0.3) is 0 Å². The van der Waals surface area contributed by atoms with E-state index in [1.165, 1.54) is 0 Å². The summed E-state index contributed by atoms with van der Waals surface area (Å²) in [5, 5.41) is 13.6. The zero-order valence-electron chi connectivity index (χ0n) is 22.1. The van der Waals surface area contributed by atoms with Crippen LogP contribution < -0.4 is 9.84 Å². The molecule has 3 aromatic carbocycles. The van der Waals surface area contributed by atoms with Crippen LogP contribution in [0.4, 0.5) is 0 Å². The molecule has 0 unspecified atom stereocenters. The molecule has 3 aromatic rings. The fourth-order valence-electron chi connectivity index (χ4n) is 6.41. The molecule has 6 nitrogen and oxygen atoms in total. The lowest BCUT2D eigenvalue weighted by Gasteiger charge is -2.44. The molecule has 0 N–H and O–H groups in total. The van der Waals surface area contributed by atoms with Gasteiger partial charge in [0.15, 0.2) is 11.6 Å². The summed E-state index contributed by atoms with van der Waals surface area (Å²) < 4.78 is 6.98. The number of halogens is 1. The van der Waals surface area contributed by atoms with Gasteiger partial charge in [0.2, 0.25) is 0 Å². The number of nitrogens with zero attached hydrogens (tertiary/aromatic N) is 1. The molecule has 0 bridgehead atoms. The van der Waals surface area contributed by atoms with E-state index in [-0.39, 0.29) is 24.5 Å². The Hall–Kier alpha value is -3.71. The molecule has 1 heterocycles. The van der Waals surface area contributed by atoms with Crippen molar-refractivity contribution in [1.82, 2.24) is 4.90 Å². The molecule has 1 aliphatic heterocycles. The van der Waals surface area contributed by atoms with E-state index in [0.29, 0.717) is 62.0 Å². The van der Waals surface area contributed by atoms with Crippen molar-refractivity contribution in [2.45, 2.75) is 57.5 Å². The third-order valence-corrected chi connectivity index (χ3v) is 8.80. The first-order valence-corrected chi connectivity index (χ1v) is 14.6. The van der Waals surface area contributed by atoms with Crippen LogP contribution in [0.1, 0.15) is 62.0 Å². The summed E-state index contributed by atoms with van der Waals surface area (Å²) in [6.07, 6.45) is 3.49. The van der Waals surface area contributed by atoms with Crippen LogP contribution in [-0.4, -0.2) is 29.0 Å². The number of fused-ring (bicyclic) bond motifs is 1. The molecule has 7 heteroatoms. The summed E-state index contributed by atoms with van der Waals surface area (Å²) >= 11 is 3.69. The minimum Gasteiger partial charge on any atom is -0.550 e. The van der Waals surface area contributed by atoms with Crippen molar-refractivity contribution >= 4 is 44.2 Å². The smallest absolute Gasteiger partial charge is 0.161 e. The van der Waals surface area contributed by atoms with Gasteiger partial charge in [-0.3, -0.25) is 9.59 Å². The van der Waals surface area contributed by atoms with Gasteiger partial charge >= 0.3 is 0 Å². The molecular formula is C33H29BrNO5-. The van der Waals surface area contributed by atoms with Crippen LogP contribution in [0.5, 0.6) is 5.75 Å². The van der Waals surface area contributed by atoms with Crippen LogP contribution in [0, 0.1) is 0 Å². The van der Waals surface area contributed by atoms with E-state index in [2.05, 4.69) is 40.2 Å². The number of rotatable bonds is 7. The average molecular weight is 600 g/mol. The second kappa shape index (κ2) is 11.0. The van der Waals surface area contributed by atoms with Crippen LogP contribution >= 0.6 is 15.9 Å². The Balaban J connectivity index is 1.36. The quantitative estimate of drug-likeness (QED) is 0.345. The van der Waals surface area contributed by atoms with Crippen molar-refractivity contribution < 1.29 is 24.2 Å². The maximum atomic E-state index is 13.4. The van der Waals surface area contributed by atoms with Crippen molar-refractivity contribution in [3.8, 4) is 5.75 Å². The van der Waals surface area contributed by atoms with Gasteiger partial charge in [-0.15, -0.1) is 0 Å². The van der Waals surface area contributed by atoms with Crippen molar-refractivity contribution in [3.05, 3.63) is 98.8 Å². The first-order valence-electron chi connectivity index (χ1n) is 13.8. The molecule has 0 radical (unpaired) electrons. The van der Waals surface area contributed by atoms with Gasteiger partial charge < -0.3 is 19.5 Å². The SMILES string of the molecule is O=C([O-])CCN1C2=C(C(=O)CCC2)C(c2ccc(OCc3cccc4ccccc34)c(Br)c2)C2=C1CCCC2=O. The van der Waals surface area contributed by atoms with Crippen LogP contribution in [0.15, 0.2) is 87.7 Å².